The van der Waals surface area contributed by atoms with Gasteiger partial charge in [-0.15, -0.1) is 0 Å². The molecule has 112 valence electrons. The summed E-state index contributed by atoms with van der Waals surface area (Å²) in [5.41, 5.74) is 13.9. The Balaban J connectivity index is 4.31. The first-order valence-electron chi connectivity index (χ1n) is 7.69. The minimum Gasteiger partial charge on any atom is -0.473 e. The van der Waals surface area contributed by atoms with E-state index in [0.717, 1.165) is 25.7 Å². The van der Waals surface area contributed by atoms with E-state index >= 15 is 0 Å². The van der Waals surface area contributed by atoms with Gasteiger partial charge in [0.15, 0.2) is 0 Å². The Morgan fingerprint density at radius 2 is 1.21 bits per heavy atom. The maximum Gasteiger partial charge on any atom is 0.0893 e. The number of hydrogen-bond acceptors (Lipinski definition) is 3. The smallest absolute Gasteiger partial charge is 0.0893 e. The van der Waals surface area contributed by atoms with Gasteiger partial charge in [-0.3, -0.25) is 0 Å². The molecule has 0 aliphatic carbocycles. The molecule has 0 fully saturated rings. The highest BCUT2D eigenvalue weighted by Gasteiger charge is 1.98. The molecule has 0 heterocycles. The van der Waals surface area contributed by atoms with Crippen LogP contribution in [0.25, 0.3) is 0 Å². The number of hydrogen-bond donors (Lipinski definition) is 2. The lowest BCUT2D eigenvalue weighted by molar-refractivity contribution is 0.384. The molecular weight excluding hydrogens is 236 g/mol. The lowest BCUT2D eigenvalue weighted by Crippen LogP contribution is -2.02. The van der Waals surface area contributed by atoms with Crippen LogP contribution in [-0.2, 0) is 4.74 Å². The zero-order chi connectivity index (χ0) is 14.3. The predicted molar refractivity (Wildman–Crippen MR) is 83.6 cm³/mol. The molecule has 0 unspecified atom stereocenters. The quantitative estimate of drug-likeness (QED) is 0.528. The van der Waals surface area contributed by atoms with E-state index in [1.54, 1.807) is 0 Å². The molecule has 0 saturated heterocycles. The molecule has 0 bridgehead atoms. The second-order valence-electron chi connectivity index (χ2n) is 4.97. The van der Waals surface area contributed by atoms with Gasteiger partial charge in [-0.05, 0) is 62.8 Å². The molecule has 0 spiro atoms. The van der Waals surface area contributed by atoms with Gasteiger partial charge < -0.3 is 16.2 Å². The van der Waals surface area contributed by atoms with Crippen molar-refractivity contribution >= 4 is 0 Å². The molecule has 3 nitrogen and oxygen atoms in total. The third kappa shape index (κ3) is 10.8. The van der Waals surface area contributed by atoms with Gasteiger partial charge in [0.05, 0.1) is 12.5 Å². The SMILES string of the molecule is CCCCC(=COC=C(CCN)CCCC)CCN. The fourth-order valence-electron chi connectivity index (χ4n) is 1.89. The average Bonchev–Trinajstić information content (AvgIpc) is 2.42. The third-order valence-corrected chi connectivity index (χ3v) is 3.10. The molecule has 0 aliphatic heterocycles. The Bertz CT molecular complexity index is 233. The van der Waals surface area contributed by atoms with Gasteiger partial charge in [0.25, 0.3) is 0 Å². The van der Waals surface area contributed by atoms with Gasteiger partial charge in [0, 0.05) is 0 Å². The summed E-state index contributed by atoms with van der Waals surface area (Å²) in [5.74, 6) is 0. The zero-order valence-electron chi connectivity index (χ0n) is 12.8. The summed E-state index contributed by atoms with van der Waals surface area (Å²) in [7, 11) is 0. The number of nitrogens with two attached hydrogens (primary N) is 2. The lowest BCUT2D eigenvalue weighted by atomic mass is 10.1. The van der Waals surface area contributed by atoms with Crippen LogP contribution in [0.1, 0.15) is 65.2 Å². The topological polar surface area (TPSA) is 61.3 Å². The second kappa shape index (κ2) is 13.6. The van der Waals surface area contributed by atoms with Crippen molar-refractivity contribution in [3.8, 4) is 0 Å². The van der Waals surface area contributed by atoms with Crippen LogP contribution >= 0.6 is 0 Å². The van der Waals surface area contributed by atoms with Crippen LogP contribution in [0.5, 0.6) is 0 Å². The van der Waals surface area contributed by atoms with Crippen molar-refractivity contribution in [2.45, 2.75) is 65.2 Å². The van der Waals surface area contributed by atoms with Crippen molar-refractivity contribution < 1.29 is 4.74 Å². The Kier molecular flexibility index (Phi) is 13.1. The average molecular weight is 268 g/mol. The van der Waals surface area contributed by atoms with E-state index in [4.69, 9.17) is 16.2 Å². The minimum atomic E-state index is 0.689. The van der Waals surface area contributed by atoms with Crippen molar-refractivity contribution in [3.63, 3.8) is 0 Å². The van der Waals surface area contributed by atoms with Crippen molar-refractivity contribution in [1.29, 1.82) is 0 Å². The predicted octanol–water partition coefficient (Wildman–Crippen LogP) is 3.85. The normalized spacial score (nSPS) is 12.8. The van der Waals surface area contributed by atoms with Crippen LogP contribution in [0.4, 0.5) is 0 Å². The molecule has 0 aromatic rings. The van der Waals surface area contributed by atoms with E-state index in [0.29, 0.717) is 13.1 Å². The van der Waals surface area contributed by atoms with Crippen LogP contribution in [0, 0.1) is 0 Å². The fourth-order valence-corrected chi connectivity index (χ4v) is 1.89. The molecular formula is C16H32N2O. The highest BCUT2D eigenvalue weighted by atomic mass is 16.5. The monoisotopic (exact) mass is 268 g/mol. The van der Waals surface area contributed by atoms with E-state index in [1.165, 1.54) is 36.8 Å². The van der Waals surface area contributed by atoms with Crippen LogP contribution < -0.4 is 11.5 Å². The Hall–Kier alpha value is -0.800. The second-order valence-corrected chi connectivity index (χ2v) is 4.97. The summed E-state index contributed by atoms with van der Waals surface area (Å²) < 4.78 is 5.62. The Labute approximate surface area is 119 Å². The van der Waals surface area contributed by atoms with Gasteiger partial charge in [-0.1, -0.05) is 26.7 Å². The lowest BCUT2D eigenvalue weighted by Gasteiger charge is -2.07. The Morgan fingerprint density at radius 3 is 1.53 bits per heavy atom. The fraction of sp³-hybridized carbons (Fsp3) is 0.750. The molecule has 0 rings (SSSR count). The third-order valence-electron chi connectivity index (χ3n) is 3.10. The maximum atomic E-state index is 5.62. The van der Waals surface area contributed by atoms with Gasteiger partial charge in [-0.2, -0.15) is 0 Å². The maximum absolute atomic E-state index is 5.62. The molecule has 0 amide bonds. The summed E-state index contributed by atoms with van der Waals surface area (Å²) in [4.78, 5) is 0. The van der Waals surface area contributed by atoms with Crippen molar-refractivity contribution in [2.75, 3.05) is 13.1 Å². The molecule has 3 heteroatoms. The summed E-state index contributed by atoms with van der Waals surface area (Å²) in [6.07, 6.45) is 12.6. The highest BCUT2D eigenvalue weighted by molar-refractivity contribution is 5.02. The largest absolute Gasteiger partial charge is 0.473 e. The van der Waals surface area contributed by atoms with Crippen LogP contribution in [0.2, 0.25) is 0 Å². The molecule has 19 heavy (non-hydrogen) atoms. The summed E-state index contributed by atoms with van der Waals surface area (Å²) >= 11 is 0. The molecule has 0 aliphatic rings. The van der Waals surface area contributed by atoms with Crippen LogP contribution in [0.3, 0.4) is 0 Å². The summed E-state index contributed by atoms with van der Waals surface area (Å²) in [6.45, 7) is 5.78. The van der Waals surface area contributed by atoms with Crippen molar-refractivity contribution in [2.24, 2.45) is 11.5 Å². The molecule has 0 radical (unpaired) electrons. The van der Waals surface area contributed by atoms with E-state index in [2.05, 4.69) is 13.8 Å². The van der Waals surface area contributed by atoms with E-state index in [-0.39, 0.29) is 0 Å². The van der Waals surface area contributed by atoms with E-state index < -0.39 is 0 Å². The van der Waals surface area contributed by atoms with Crippen molar-refractivity contribution in [3.05, 3.63) is 23.7 Å². The zero-order valence-corrected chi connectivity index (χ0v) is 12.8. The first kappa shape index (κ1) is 18.2. The van der Waals surface area contributed by atoms with Crippen LogP contribution in [0.15, 0.2) is 23.7 Å². The molecule has 0 saturated carbocycles. The molecule has 0 aromatic carbocycles. The van der Waals surface area contributed by atoms with Gasteiger partial charge in [0.1, 0.15) is 0 Å². The highest BCUT2D eigenvalue weighted by Crippen LogP contribution is 2.14. The number of unbranched alkanes of at least 4 members (excludes halogenated alkanes) is 2. The number of ether oxygens (including phenoxy) is 1. The van der Waals surface area contributed by atoms with Gasteiger partial charge in [-0.25, -0.2) is 0 Å². The number of rotatable bonds is 12. The van der Waals surface area contributed by atoms with Crippen molar-refractivity contribution in [1.82, 2.24) is 0 Å². The van der Waals surface area contributed by atoms with Gasteiger partial charge in [0.2, 0.25) is 0 Å². The first-order valence-corrected chi connectivity index (χ1v) is 7.69. The Morgan fingerprint density at radius 1 is 0.789 bits per heavy atom. The standard InChI is InChI=1S/C16H32N2O/c1-3-5-7-15(9-11-17)13-19-14-16(10-12-18)8-6-4-2/h13-14H,3-12,17-18H2,1-2H3. The molecule has 0 atom stereocenters. The summed E-state index contributed by atoms with van der Waals surface area (Å²) in [5, 5.41) is 0. The van der Waals surface area contributed by atoms with E-state index in [1.807, 2.05) is 12.5 Å². The first-order chi connectivity index (χ1) is 9.28. The van der Waals surface area contributed by atoms with E-state index in [9.17, 15) is 0 Å². The summed E-state index contributed by atoms with van der Waals surface area (Å²) in [6, 6.07) is 0. The van der Waals surface area contributed by atoms with Gasteiger partial charge >= 0.3 is 0 Å². The molecule has 0 aromatic heterocycles. The minimum absolute atomic E-state index is 0.689. The molecule has 4 N–H and O–H groups in total. The van der Waals surface area contributed by atoms with Crippen LogP contribution in [-0.4, -0.2) is 13.1 Å².